The van der Waals surface area contributed by atoms with Crippen LogP contribution in [0.3, 0.4) is 0 Å². The number of rotatable bonds is 7. The number of benzene rings is 3. The number of amides is 5. The molecule has 1 fully saturated rings. The van der Waals surface area contributed by atoms with E-state index >= 15 is 0 Å². The molecule has 1 saturated heterocycles. The predicted octanol–water partition coefficient (Wildman–Crippen LogP) is 4.65. The highest BCUT2D eigenvalue weighted by Gasteiger charge is 2.37. The van der Waals surface area contributed by atoms with E-state index in [1.807, 2.05) is 25.1 Å². The third kappa shape index (κ3) is 5.84. The number of hydrogen-bond acceptors (Lipinski definition) is 6. The maximum absolute atomic E-state index is 13.3. The molecule has 2 N–H and O–H groups in total. The Morgan fingerprint density at radius 2 is 1.84 bits per heavy atom. The number of urea groups is 1. The number of barbiturate groups is 1. The largest absolute Gasteiger partial charge is 0.497 e. The van der Waals surface area contributed by atoms with E-state index in [1.54, 1.807) is 37.3 Å². The van der Waals surface area contributed by atoms with Crippen molar-refractivity contribution < 1.29 is 28.7 Å². The van der Waals surface area contributed by atoms with Crippen LogP contribution in [0.4, 0.5) is 16.2 Å². The SMILES string of the molecule is COc1ccc(/C=C2\C(=O)NC(=O)N(c3cc(Cl)ccc3C)C2=O)c(OCC(=O)Nc2cccc(C)c2)c1. The second kappa shape index (κ2) is 11.2. The summed E-state index contributed by atoms with van der Waals surface area (Å²) in [5.74, 6) is -1.47. The second-order valence-corrected chi connectivity index (χ2v) is 8.94. The number of anilines is 2. The lowest BCUT2D eigenvalue weighted by Crippen LogP contribution is -2.54. The molecule has 1 heterocycles. The van der Waals surface area contributed by atoms with Gasteiger partial charge in [-0.2, -0.15) is 0 Å². The van der Waals surface area contributed by atoms with Crippen LogP contribution in [0.2, 0.25) is 5.02 Å². The van der Waals surface area contributed by atoms with E-state index in [0.29, 0.717) is 27.6 Å². The summed E-state index contributed by atoms with van der Waals surface area (Å²) >= 11 is 6.08. The highest BCUT2D eigenvalue weighted by Crippen LogP contribution is 2.31. The van der Waals surface area contributed by atoms with Crippen molar-refractivity contribution in [1.29, 1.82) is 0 Å². The molecule has 0 bridgehead atoms. The molecule has 10 heteroatoms. The molecule has 0 atom stereocenters. The van der Waals surface area contributed by atoms with E-state index in [1.165, 1.54) is 25.3 Å². The minimum Gasteiger partial charge on any atom is -0.497 e. The van der Waals surface area contributed by atoms with Crippen LogP contribution in [0.5, 0.6) is 11.5 Å². The zero-order valence-corrected chi connectivity index (χ0v) is 21.6. The first-order valence-corrected chi connectivity index (χ1v) is 11.9. The van der Waals surface area contributed by atoms with Gasteiger partial charge in [-0.15, -0.1) is 0 Å². The first-order chi connectivity index (χ1) is 18.2. The summed E-state index contributed by atoms with van der Waals surface area (Å²) in [5.41, 5.74) is 2.49. The molecule has 0 unspecified atom stereocenters. The van der Waals surface area contributed by atoms with Gasteiger partial charge in [0.2, 0.25) is 0 Å². The van der Waals surface area contributed by atoms with Gasteiger partial charge in [0.25, 0.3) is 17.7 Å². The fourth-order valence-electron chi connectivity index (χ4n) is 3.80. The Balaban J connectivity index is 1.62. The Hall–Kier alpha value is -4.63. The first kappa shape index (κ1) is 26.4. The molecule has 5 amide bonds. The summed E-state index contributed by atoms with van der Waals surface area (Å²) in [6.07, 6.45) is 1.30. The van der Waals surface area contributed by atoms with Crippen LogP contribution < -0.4 is 25.0 Å². The van der Waals surface area contributed by atoms with Gasteiger partial charge in [-0.3, -0.25) is 19.7 Å². The fourth-order valence-corrected chi connectivity index (χ4v) is 3.97. The smallest absolute Gasteiger partial charge is 0.335 e. The molecule has 194 valence electrons. The summed E-state index contributed by atoms with van der Waals surface area (Å²) in [4.78, 5) is 52.0. The van der Waals surface area contributed by atoms with Crippen molar-refractivity contribution in [3.8, 4) is 11.5 Å². The minimum atomic E-state index is -0.887. The minimum absolute atomic E-state index is 0.194. The Labute approximate surface area is 224 Å². The molecule has 3 aromatic carbocycles. The third-order valence-corrected chi connectivity index (χ3v) is 5.93. The number of hydrogen-bond donors (Lipinski definition) is 2. The van der Waals surface area contributed by atoms with E-state index in [-0.39, 0.29) is 23.6 Å². The van der Waals surface area contributed by atoms with Crippen LogP contribution >= 0.6 is 11.6 Å². The number of nitrogens with one attached hydrogen (secondary N) is 2. The van der Waals surface area contributed by atoms with Gasteiger partial charge in [-0.25, -0.2) is 9.69 Å². The van der Waals surface area contributed by atoms with Crippen LogP contribution in [-0.4, -0.2) is 37.5 Å². The normalized spacial score (nSPS) is 14.4. The maximum Gasteiger partial charge on any atom is 0.335 e. The topological polar surface area (TPSA) is 114 Å². The number of methoxy groups -OCH3 is 1. The van der Waals surface area contributed by atoms with Gasteiger partial charge < -0.3 is 14.8 Å². The lowest BCUT2D eigenvalue weighted by atomic mass is 10.0. The molecule has 0 radical (unpaired) electrons. The van der Waals surface area contributed by atoms with Crippen LogP contribution in [0.1, 0.15) is 16.7 Å². The van der Waals surface area contributed by atoms with E-state index in [4.69, 9.17) is 21.1 Å². The number of halogens is 1. The van der Waals surface area contributed by atoms with Crippen molar-refractivity contribution in [1.82, 2.24) is 5.32 Å². The van der Waals surface area contributed by atoms with Gasteiger partial charge in [0.05, 0.1) is 12.8 Å². The molecular weight excluding hydrogens is 510 g/mol. The van der Waals surface area contributed by atoms with Gasteiger partial charge in [0.15, 0.2) is 6.61 Å². The van der Waals surface area contributed by atoms with E-state index < -0.39 is 23.8 Å². The number of imide groups is 2. The highest BCUT2D eigenvalue weighted by molar-refractivity contribution is 6.39. The zero-order valence-electron chi connectivity index (χ0n) is 20.8. The molecule has 4 rings (SSSR count). The first-order valence-electron chi connectivity index (χ1n) is 11.5. The monoisotopic (exact) mass is 533 g/mol. The lowest BCUT2D eigenvalue weighted by Gasteiger charge is -2.27. The summed E-state index contributed by atoms with van der Waals surface area (Å²) < 4.78 is 11.0. The average Bonchev–Trinajstić information content (AvgIpc) is 2.87. The van der Waals surface area contributed by atoms with E-state index in [2.05, 4.69) is 10.6 Å². The lowest BCUT2D eigenvalue weighted by molar-refractivity contribution is -0.122. The fraction of sp³-hybridized carbons (Fsp3) is 0.143. The van der Waals surface area contributed by atoms with Crippen LogP contribution in [0.15, 0.2) is 66.2 Å². The summed E-state index contributed by atoms with van der Waals surface area (Å²) in [5, 5.41) is 5.26. The van der Waals surface area contributed by atoms with Gasteiger partial charge >= 0.3 is 6.03 Å². The number of carbonyl (C=O) groups excluding carboxylic acids is 4. The molecule has 38 heavy (non-hydrogen) atoms. The van der Waals surface area contributed by atoms with Crippen molar-refractivity contribution in [2.45, 2.75) is 13.8 Å². The quantitative estimate of drug-likeness (QED) is 0.337. The average molecular weight is 534 g/mol. The molecule has 9 nitrogen and oxygen atoms in total. The van der Waals surface area contributed by atoms with Crippen LogP contribution in [0.25, 0.3) is 6.08 Å². The van der Waals surface area contributed by atoms with Crippen LogP contribution in [0, 0.1) is 13.8 Å². The number of ether oxygens (including phenoxy) is 2. The molecule has 0 saturated carbocycles. The predicted molar refractivity (Wildman–Crippen MR) is 143 cm³/mol. The van der Waals surface area contributed by atoms with Crippen molar-refractivity contribution in [2.75, 3.05) is 23.9 Å². The Kier molecular flexibility index (Phi) is 7.78. The van der Waals surface area contributed by atoms with Gasteiger partial charge in [0, 0.05) is 22.3 Å². The Morgan fingerprint density at radius 3 is 2.58 bits per heavy atom. The highest BCUT2D eigenvalue weighted by atomic mass is 35.5. The van der Waals surface area contributed by atoms with E-state index in [0.717, 1.165) is 10.5 Å². The standard InChI is InChI=1S/C28H24ClN3O6/c1-16-5-4-6-20(11-16)30-25(33)15-38-24-14-21(37-3)10-8-18(24)12-22-26(34)31-28(36)32(27(22)35)23-13-19(29)9-7-17(23)2/h4-14H,15H2,1-3H3,(H,30,33)(H,31,34,36)/b22-12+. The zero-order chi connectivity index (χ0) is 27.4. The third-order valence-electron chi connectivity index (χ3n) is 5.69. The molecule has 3 aromatic rings. The summed E-state index contributed by atoms with van der Waals surface area (Å²) in [6.45, 7) is 3.28. The molecule has 0 spiro atoms. The maximum atomic E-state index is 13.3. The Morgan fingerprint density at radius 1 is 1.05 bits per heavy atom. The number of carbonyl (C=O) groups is 4. The summed E-state index contributed by atoms with van der Waals surface area (Å²) in [7, 11) is 1.47. The molecular formula is C28H24ClN3O6. The molecule has 0 aromatic heterocycles. The van der Waals surface area contributed by atoms with Crippen molar-refractivity contribution in [3.05, 3.63) is 87.9 Å². The summed E-state index contributed by atoms with van der Waals surface area (Å²) in [6, 6.07) is 15.9. The second-order valence-electron chi connectivity index (χ2n) is 8.50. The molecule has 1 aliphatic rings. The van der Waals surface area contributed by atoms with Gasteiger partial charge in [-0.1, -0.05) is 29.8 Å². The molecule has 1 aliphatic heterocycles. The van der Waals surface area contributed by atoms with Crippen molar-refractivity contribution in [2.24, 2.45) is 0 Å². The van der Waals surface area contributed by atoms with Gasteiger partial charge in [-0.05, 0) is 67.4 Å². The number of aryl methyl sites for hydroxylation is 2. The molecule has 0 aliphatic carbocycles. The van der Waals surface area contributed by atoms with Gasteiger partial charge in [0.1, 0.15) is 17.1 Å². The van der Waals surface area contributed by atoms with E-state index in [9.17, 15) is 19.2 Å². The number of nitrogens with zero attached hydrogens (tertiary/aromatic N) is 1. The van der Waals surface area contributed by atoms with Crippen LogP contribution in [-0.2, 0) is 14.4 Å². The van der Waals surface area contributed by atoms with Crippen molar-refractivity contribution >= 4 is 52.8 Å². The van der Waals surface area contributed by atoms with Crippen molar-refractivity contribution in [3.63, 3.8) is 0 Å². The Bertz CT molecular complexity index is 1480.